The van der Waals surface area contributed by atoms with Crippen molar-refractivity contribution in [2.24, 2.45) is 5.73 Å². The monoisotopic (exact) mass is 283 g/mol. The van der Waals surface area contributed by atoms with Gasteiger partial charge in [0.2, 0.25) is 0 Å². The molecule has 21 heavy (non-hydrogen) atoms. The maximum Gasteiger partial charge on any atom is 0.141 e. The fourth-order valence-electron chi connectivity index (χ4n) is 2.08. The van der Waals surface area contributed by atoms with E-state index in [1.807, 2.05) is 24.3 Å². The summed E-state index contributed by atoms with van der Waals surface area (Å²) < 4.78 is 5.95. The second-order valence-corrected chi connectivity index (χ2v) is 6.00. The zero-order valence-electron chi connectivity index (χ0n) is 12.7. The number of para-hydroxylation sites is 1. The van der Waals surface area contributed by atoms with Crippen molar-refractivity contribution in [1.82, 2.24) is 4.98 Å². The van der Waals surface area contributed by atoms with E-state index in [2.05, 4.69) is 31.8 Å². The molecule has 0 aliphatic carbocycles. The minimum atomic E-state index is -0.0352. The van der Waals surface area contributed by atoms with E-state index in [4.69, 9.17) is 15.9 Å². The molecular weight excluding hydrogens is 262 g/mol. The number of rotatable bonds is 4. The smallest absolute Gasteiger partial charge is 0.141 e. The number of hydrogen-bond donors (Lipinski definition) is 2. The third-order valence-corrected chi connectivity index (χ3v) is 3.19. The zero-order valence-corrected chi connectivity index (χ0v) is 12.7. The summed E-state index contributed by atoms with van der Waals surface area (Å²) in [6, 6.07) is 11.7. The number of pyridine rings is 1. The normalized spacial score (nSPS) is 11.2. The van der Waals surface area contributed by atoms with Crippen molar-refractivity contribution in [2.45, 2.75) is 32.8 Å². The molecule has 2 rings (SSSR count). The lowest BCUT2D eigenvalue weighted by atomic mass is 9.86. The van der Waals surface area contributed by atoms with E-state index in [0.717, 1.165) is 11.3 Å². The van der Waals surface area contributed by atoms with Crippen LogP contribution in [0.2, 0.25) is 0 Å². The van der Waals surface area contributed by atoms with Crippen LogP contribution < -0.4 is 10.5 Å². The molecule has 0 saturated carbocycles. The Hall–Kier alpha value is -2.36. The maximum absolute atomic E-state index is 7.42. The predicted molar refractivity (Wildman–Crippen MR) is 84.7 cm³/mol. The molecule has 4 heteroatoms. The summed E-state index contributed by atoms with van der Waals surface area (Å²) in [5, 5.41) is 7.42. The van der Waals surface area contributed by atoms with Crippen molar-refractivity contribution in [3.63, 3.8) is 0 Å². The topological polar surface area (TPSA) is 72.0 Å². The fraction of sp³-hybridized carbons (Fsp3) is 0.294. The summed E-state index contributed by atoms with van der Waals surface area (Å²) >= 11 is 0. The molecule has 0 saturated heterocycles. The Morgan fingerprint density at radius 1 is 1.24 bits per heavy atom. The lowest BCUT2D eigenvalue weighted by Gasteiger charge is -2.22. The summed E-state index contributed by atoms with van der Waals surface area (Å²) in [5.41, 5.74) is 8.07. The standard InChI is InChI=1S/C17H21N3O/c1-17(2,3)13-6-4-5-7-15(13)21-11-12-8-9-20-14(10-12)16(18)19/h4-10H,11H2,1-3H3,(H3,18,19). The lowest BCUT2D eigenvalue weighted by Crippen LogP contribution is -2.14. The Morgan fingerprint density at radius 2 is 1.95 bits per heavy atom. The van der Waals surface area contributed by atoms with Crippen LogP contribution in [0.5, 0.6) is 5.75 Å². The Morgan fingerprint density at radius 3 is 2.62 bits per heavy atom. The molecule has 1 heterocycles. The molecule has 3 N–H and O–H groups in total. The molecule has 0 unspecified atom stereocenters. The number of amidine groups is 1. The van der Waals surface area contributed by atoms with Crippen LogP contribution in [0.3, 0.4) is 0 Å². The van der Waals surface area contributed by atoms with Gasteiger partial charge in [0, 0.05) is 6.20 Å². The van der Waals surface area contributed by atoms with E-state index in [0.29, 0.717) is 12.3 Å². The van der Waals surface area contributed by atoms with Crippen molar-refractivity contribution in [1.29, 1.82) is 5.41 Å². The Labute approximate surface area is 125 Å². The maximum atomic E-state index is 7.42. The average Bonchev–Trinajstić information content (AvgIpc) is 2.45. The average molecular weight is 283 g/mol. The van der Waals surface area contributed by atoms with Crippen LogP contribution in [0.15, 0.2) is 42.6 Å². The van der Waals surface area contributed by atoms with Gasteiger partial charge in [0.1, 0.15) is 23.9 Å². The first kappa shape index (κ1) is 15.0. The third-order valence-electron chi connectivity index (χ3n) is 3.19. The molecular formula is C17H21N3O. The van der Waals surface area contributed by atoms with Crippen LogP contribution in [-0.2, 0) is 12.0 Å². The van der Waals surface area contributed by atoms with Gasteiger partial charge in [-0.15, -0.1) is 0 Å². The minimum absolute atomic E-state index is 0.0272. The van der Waals surface area contributed by atoms with E-state index < -0.39 is 0 Å². The van der Waals surface area contributed by atoms with E-state index in [1.54, 1.807) is 12.3 Å². The van der Waals surface area contributed by atoms with Crippen LogP contribution in [0.25, 0.3) is 0 Å². The van der Waals surface area contributed by atoms with Crippen molar-refractivity contribution >= 4 is 5.84 Å². The highest BCUT2D eigenvalue weighted by Gasteiger charge is 2.18. The lowest BCUT2D eigenvalue weighted by molar-refractivity contribution is 0.297. The van der Waals surface area contributed by atoms with Gasteiger partial charge in [-0.3, -0.25) is 10.4 Å². The van der Waals surface area contributed by atoms with Gasteiger partial charge >= 0.3 is 0 Å². The van der Waals surface area contributed by atoms with Gasteiger partial charge in [0.25, 0.3) is 0 Å². The SMILES string of the molecule is CC(C)(C)c1ccccc1OCc1ccnc(C(=N)N)c1. The number of hydrogen-bond acceptors (Lipinski definition) is 3. The number of nitrogen functional groups attached to an aromatic ring is 1. The number of nitrogens with zero attached hydrogens (tertiary/aromatic N) is 1. The highest BCUT2D eigenvalue weighted by molar-refractivity contribution is 5.93. The highest BCUT2D eigenvalue weighted by atomic mass is 16.5. The van der Waals surface area contributed by atoms with E-state index >= 15 is 0 Å². The van der Waals surface area contributed by atoms with E-state index in [9.17, 15) is 0 Å². The Bertz CT molecular complexity index is 644. The molecule has 0 aliphatic heterocycles. The van der Waals surface area contributed by atoms with Gasteiger partial charge in [-0.2, -0.15) is 0 Å². The molecule has 1 aromatic carbocycles. The second kappa shape index (κ2) is 5.95. The quantitative estimate of drug-likeness (QED) is 0.668. The largest absolute Gasteiger partial charge is 0.489 e. The number of ether oxygens (including phenoxy) is 1. The van der Waals surface area contributed by atoms with Crippen LogP contribution in [0, 0.1) is 5.41 Å². The molecule has 110 valence electrons. The zero-order chi connectivity index (χ0) is 15.5. The van der Waals surface area contributed by atoms with Gasteiger partial charge in [-0.05, 0) is 34.7 Å². The summed E-state index contributed by atoms with van der Waals surface area (Å²) in [4.78, 5) is 4.05. The molecule has 0 aliphatic rings. The molecule has 2 aromatic rings. The molecule has 0 fully saturated rings. The Kier molecular flexibility index (Phi) is 4.26. The van der Waals surface area contributed by atoms with Gasteiger partial charge in [-0.25, -0.2) is 0 Å². The summed E-state index contributed by atoms with van der Waals surface area (Å²) in [6.45, 7) is 6.91. The van der Waals surface area contributed by atoms with Crippen molar-refractivity contribution in [3.8, 4) is 5.75 Å². The predicted octanol–water partition coefficient (Wildman–Crippen LogP) is 3.24. The fourth-order valence-corrected chi connectivity index (χ4v) is 2.08. The van der Waals surface area contributed by atoms with Crippen molar-refractivity contribution in [3.05, 3.63) is 59.4 Å². The van der Waals surface area contributed by atoms with Crippen LogP contribution in [0.1, 0.15) is 37.6 Å². The first-order valence-electron chi connectivity index (χ1n) is 6.89. The first-order chi connectivity index (χ1) is 9.88. The molecule has 0 radical (unpaired) electrons. The third kappa shape index (κ3) is 3.81. The van der Waals surface area contributed by atoms with Crippen LogP contribution >= 0.6 is 0 Å². The van der Waals surface area contributed by atoms with Crippen LogP contribution in [-0.4, -0.2) is 10.8 Å². The molecule has 0 bridgehead atoms. The molecule has 1 aromatic heterocycles. The molecule has 4 nitrogen and oxygen atoms in total. The molecule has 0 spiro atoms. The van der Waals surface area contributed by atoms with Crippen LogP contribution in [0.4, 0.5) is 0 Å². The van der Waals surface area contributed by atoms with Crippen molar-refractivity contribution < 1.29 is 4.74 Å². The minimum Gasteiger partial charge on any atom is -0.489 e. The van der Waals surface area contributed by atoms with Gasteiger partial charge in [0.05, 0.1) is 0 Å². The van der Waals surface area contributed by atoms with Gasteiger partial charge < -0.3 is 10.5 Å². The Balaban J connectivity index is 2.17. The number of nitrogens with two attached hydrogens (primary N) is 1. The highest BCUT2D eigenvalue weighted by Crippen LogP contribution is 2.31. The second-order valence-electron chi connectivity index (χ2n) is 6.00. The molecule has 0 atom stereocenters. The van der Waals surface area contributed by atoms with E-state index in [1.165, 1.54) is 5.56 Å². The van der Waals surface area contributed by atoms with Gasteiger partial charge in [-0.1, -0.05) is 39.0 Å². The molecule has 0 amide bonds. The first-order valence-corrected chi connectivity index (χ1v) is 6.89. The van der Waals surface area contributed by atoms with Crippen molar-refractivity contribution in [2.75, 3.05) is 0 Å². The summed E-state index contributed by atoms with van der Waals surface area (Å²) in [5.74, 6) is 0.845. The number of nitrogens with one attached hydrogen (secondary N) is 1. The summed E-state index contributed by atoms with van der Waals surface area (Å²) in [6.07, 6.45) is 1.64. The number of aromatic nitrogens is 1. The van der Waals surface area contributed by atoms with Gasteiger partial charge in [0.15, 0.2) is 0 Å². The van der Waals surface area contributed by atoms with E-state index in [-0.39, 0.29) is 11.3 Å². The summed E-state index contributed by atoms with van der Waals surface area (Å²) in [7, 11) is 0. The number of benzene rings is 1.